The van der Waals surface area contributed by atoms with Crippen LogP contribution in [-0.2, 0) is 11.8 Å². The summed E-state index contributed by atoms with van der Waals surface area (Å²) in [5.74, 6) is -0.243. The summed E-state index contributed by atoms with van der Waals surface area (Å²) >= 11 is 0. The van der Waals surface area contributed by atoms with Gasteiger partial charge in [-0.1, -0.05) is 26.8 Å². The number of nitrogens with two attached hydrogens (primary N) is 1. The minimum Gasteiger partial charge on any atom is -0.406 e. The lowest BCUT2D eigenvalue weighted by Gasteiger charge is -2.24. The van der Waals surface area contributed by atoms with Crippen LogP contribution in [0.3, 0.4) is 0 Å². The fourth-order valence-electron chi connectivity index (χ4n) is 2.15. The highest BCUT2D eigenvalue weighted by Gasteiger charge is 2.31. The van der Waals surface area contributed by atoms with E-state index in [4.69, 9.17) is 5.73 Å². The van der Waals surface area contributed by atoms with Gasteiger partial charge in [0.2, 0.25) is 0 Å². The fraction of sp³-hybridized carbons (Fsp3) is 0.600. The predicted octanol–water partition coefficient (Wildman–Crippen LogP) is 3.13. The highest BCUT2D eigenvalue weighted by molar-refractivity contribution is 5.39. The molecule has 0 aliphatic rings. The Morgan fingerprint density at radius 2 is 1.86 bits per heavy atom. The van der Waals surface area contributed by atoms with Crippen LogP contribution in [-0.4, -0.2) is 24.1 Å². The van der Waals surface area contributed by atoms with Crippen molar-refractivity contribution in [3.8, 4) is 5.75 Å². The van der Waals surface area contributed by atoms with E-state index in [1.807, 2.05) is 20.8 Å². The molecule has 6 heteroatoms. The van der Waals surface area contributed by atoms with E-state index >= 15 is 0 Å². The standard InChI is InChI=1S/C15H22F3NO2/c1-14(2,3)13-7-6-12(21-15(16,17)18)8-10(13)4-5-11(20)9-19/h6-8,11,20H,4-5,9,19H2,1-3H3. The van der Waals surface area contributed by atoms with Crippen LogP contribution in [0.1, 0.15) is 38.3 Å². The van der Waals surface area contributed by atoms with Crippen molar-refractivity contribution < 1.29 is 23.0 Å². The van der Waals surface area contributed by atoms with Crippen LogP contribution >= 0.6 is 0 Å². The van der Waals surface area contributed by atoms with Crippen molar-refractivity contribution in [2.24, 2.45) is 5.73 Å². The molecule has 0 aliphatic heterocycles. The summed E-state index contributed by atoms with van der Waals surface area (Å²) in [5, 5.41) is 9.53. The van der Waals surface area contributed by atoms with E-state index in [0.717, 1.165) is 11.1 Å². The van der Waals surface area contributed by atoms with E-state index in [2.05, 4.69) is 4.74 Å². The van der Waals surface area contributed by atoms with Crippen LogP contribution in [0.5, 0.6) is 5.75 Å². The number of alkyl halides is 3. The molecule has 120 valence electrons. The zero-order valence-corrected chi connectivity index (χ0v) is 12.5. The van der Waals surface area contributed by atoms with Gasteiger partial charge in [-0.05, 0) is 41.5 Å². The maximum absolute atomic E-state index is 12.3. The van der Waals surface area contributed by atoms with Gasteiger partial charge in [0.1, 0.15) is 5.75 Å². The van der Waals surface area contributed by atoms with Crippen molar-refractivity contribution in [2.75, 3.05) is 6.54 Å². The van der Waals surface area contributed by atoms with Crippen molar-refractivity contribution in [3.63, 3.8) is 0 Å². The molecule has 0 heterocycles. The second-order valence-corrected chi connectivity index (χ2v) is 6.04. The quantitative estimate of drug-likeness (QED) is 0.878. The number of aliphatic hydroxyl groups excluding tert-OH is 1. The summed E-state index contributed by atoms with van der Waals surface area (Å²) in [6.45, 7) is 6.07. The summed E-state index contributed by atoms with van der Waals surface area (Å²) < 4.78 is 40.8. The zero-order valence-electron chi connectivity index (χ0n) is 12.5. The Morgan fingerprint density at radius 1 is 1.24 bits per heavy atom. The second-order valence-electron chi connectivity index (χ2n) is 6.04. The predicted molar refractivity (Wildman–Crippen MR) is 75.2 cm³/mol. The van der Waals surface area contributed by atoms with Crippen LogP contribution in [0, 0.1) is 0 Å². The third-order valence-corrected chi connectivity index (χ3v) is 3.14. The SMILES string of the molecule is CC(C)(C)c1ccc(OC(F)(F)F)cc1CCC(O)CN. The van der Waals surface area contributed by atoms with E-state index in [0.29, 0.717) is 12.8 Å². The molecule has 3 nitrogen and oxygen atoms in total. The minimum atomic E-state index is -4.71. The van der Waals surface area contributed by atoms with Gasteiger partial charge in [0.25, 0.3) is 0 Å². The molecular formula is C15H22F3NO2. The van der Waals surface area contributed by atoms with Crippen molar-refractivity contribution >= 4 is 0 Å². The van der Waals surface area contributed by atoms with Crippen molar-refractivity contribution in [1.29, 1.82) is 0 Å². The molecule has 0 radical (unpaired) electrons. The first-order valence-electron chi connectivity index (χ1n) is 6.80. The van der Waals surface area contributed by atoms with Crippen LogP contribution in [0.15, 0.2) is 18.2 Å². The largest absolute Gasteiger partial charge is 0.573 e. The smallest absolute Gasteiger partial charge is 0.406 e. The molecule has 0 aliphatic carbocycles. The van der Waals surface area contributed by atoms with E-state index in [-0.39, 0.29) is 17.7 Å². The molecule has 1 atom stereocenters. The summed E-state index contributed by atoms with van der Waals surface area (Å²) in [7, 11) is 0. The number of ether oxygens (including phenoxy) is 1. The number of hydrogen-bond acceptors (Lipinski definition) is 3. The number of hydrogen-bond donors (Lipinski definition) is 2. The zero-order chi connectivity index (χ0) is 16.3. The van der Waals surface area contributed by atoms with Gasteiger partial charge >= 0.3 is 6.36 Å². The van der Waals surface area contributed by atoms with E-state index in [1.165, 1.54) is 12.1 Å². The molecule has 0 fully saturated rings. The molecule has 3 N–H and O–H groups in total. The Morgan fingerprint density at radius 3 is 2.33 bits per heavy atom. The highest BCUT2D eigenvalue weighted by Crippen LogP contribution is 2.32. The van der Waals surface area contributed by atoms with E-state index in [9.17, 15) is 18.3 Å². The summed E-state index contributed by atoms with van der Waals surface area (Å²) in [4.78, 5) is 0. The van der Waals surface area contributed by atoms with Crippen LogP contribution in [0.2, 0.25) is 0 Å². The third kappa shape index (κ3) is 5.93. The Kier molecular flexibility index (Phi) is 5.64. The lowest BCUT2D eigenvalue weighted by molar-refractivity contribution is -0.274. The molecule has 0 saturated carbocycles. The number of benzene rings is 1. The van der Waals surface area contributed by atoms with Gasteiger partial charge < -0.3 is 15.6 Å². The number of halogens is 3. The maximum atomic E-state index is 12.3. The topological polar surface area (TPSA) is 55.5 Å². The first kappa shape index (κ1) is 17.8. The van der Waals surface area contributed by atoms with Gasteiger partial charge in [0, 0.05) is 6.54 Å². The lowest BCUT2D eigenvalue weighted by Crippen LogP contribution is -2.22. The second kappa shape index (κ2) is 6.66. The van der Waals surface area contributed by atoms with Crippen LogP contribution in [0.25, 0.3) is 0 Å². The summed E-state index contributed by atoms with van der Waals surface area (Å²) in [5.41, 5.74) is 6.81. The maximum Gasteiger partial charge on any atom is 0.573 e. The molecule has 0 saturated heterocycles. The highest BCUT2D eigenvalue weighted by atomic mass is 19.4. The lowest BCUT2D eigenvalue weighted by atomic mass is 9.82. The van der Waals surface area contributed by atoms with Gasteiger partial charge in [0.15, 0.2) is 0 Å². The van der Waals surface area contributed by atoms with Crippen molar-refractivity contribution in [3.05, 3.63) is 29.3 Å². The molecule has 21 heavy (non-hydrogen) atoms. The van der Waals surface area contributed by atoms with Crippen LogP contribution in [0.4, 0.5) is 13.2 Å². The number of aliphatic hydroxyl groups is 1. The molecule has 0 amide bonds. The van der Waals surface area contributed by atoms with E-state index < -0.39 is 12.5 Å². The van der Waals surface area contributed by atoms with Gasteiger partial charge in [-0.2, -0.15) is 0 Å². The van der Waals surface area contributed by atoms with Gasteiger partial charge in [-0.15, -0.1) is 13.2 Å². The summed E-state index contributed by atoms with van der Waals surface area (Å²) in [6, 6.07) is 4.35. The normalized spacial score (nSPS) is 14.1. The van der Waals surface area contributed by atoms with Gasteiger partial charge in [0.05, 0.1) is 6.10 Å². The summed E-state index contributed by atoms with van der Waals surface area (Å²) in [6.07, 6.45) is -4.53. The molecule has 1 unspecified atom stereocenters. The monoisotopic (exact) mass is 305 g/mol. The molecule has 0 bridgehead atoms. The number of rotatable bonds is 5. The van der Waals surface area contributed by atoms with Crippen molar-refractivity contribution in [2.45, 2.75) is 51.5 Å². The first-order valence-corrected chi connectivity index (χ1v) is 6.80. The van der Waals surface area contributed by atoms with Crippen LogP contribution < -0.4 is 10.5 Å². The molecule has 0 aromatic heterocycles. The number of aryl methyl sites for hydroxylation is 1. The average molecular weight is 305 g/mol. The molecule has 1 aromatic rings. The molecule has 0 spiro atoms. The van der Waals surface area contributed by atoms with Gasteiger partial charge in [-0.25, -0.2) is 0 Å². The Hall–Kier alpha value is -1.27. The molecule has 1 aromatic carbocycles. The molecule has 1 rings (SSSR count). The Bertz CT molecular complexity index is 467. The Balaban J connectivity index is 3.05. The minimum absolute atomic E-state index is 0.129. The van der Waals surface area contributed by atoms with E-state index in [1.54, 1.807) is 6.07 Å². The van der Waals surface area contributed by atoms with Gasteiger partial charge in [-0.3, -0.25) is 0 Å². The molecular weight excluding hydrogens is 283 g/mol. The van der Waals surface area contributed by atoms with Crippen molar-refractivity contribution in [1.82, 2.24) is 0 Å². The third-order valence-electron chi connectivity index (χ3n) is 3.14. The Labute approximate surface area is 122 Å². The first-order chi connectivity index (χ1) is 9.53. The average Bonchev–Trinajstić information content (AvgIpc) is 2.32. The fourth-order valence-corrected chi connectivity index (χ4v) is 2.15.